The van der Waals surface area contributed by atoms with E-state index < -0.39 is 7.26 Å². The van der Waals surface area contributed by atoms with Gasteiger partial charge in [-0.25, -0.2) is 0 Å². The van der Waals surface area contributed by atoms with E-state index in [1.807, 2.05) is 17.9 Å². The molecular formula is C48H47O3OsPS2+. The SMILES string of the molecule is C/C=C/c1cc2c(OC(C)C)c3sc(C(C=C4COCC4=CCC)=C([C]#[Os])[P+](c4ccccc4)(c4ccccc4)c4ccccc4)cc3c(OC(C)C)c2s1. The van der Waals surface area contributed by atoms with E-state index in [1.54, 1.807) is 22.7 Å². The molecule has 0 radical (unpaired) electrons. The van der Waals surface area contributed by atoms with Crippen molar-refractivity contribution in [2.24, 2.45) is 0 Å². The van der Waals surface area contributed by atoms with Crippen LogP contribution in [0, 0.1) is 4.37 Å². The van der Waals surface area contributed by atoms with Gasteiger partial charge in [-0.15, -0.1) is 0 Å². The maximum atomic E-state index is 6.80. The zero-order valence-electron chi connectivity index (χ0n) is 32.2. The third kappa shape index (κ3) is 7.80. The van der Waals surface area contributed by atoms with Gasteiger partial charge in [0.05, 0.1) is 0 Å². The number of fused-ring (bicyclic) bond motifs is 2. The van der Waals surface area contributed by atoms with Gasteiger partial charge >= 0.3 is 340 Å². The second kappa shape index (κ2) is 17.5. The average molecular weight is 957 g/mol. The molecule has 0 bridgehead atoms. The molecule has 3 heterocycles. The van der Waals surface area contributed by atoms with Crippen LogP contribution >= 0.6 is 29.9 Å². The van der Waals surface area contributed by atoms with Crippen LogP contribution in [0.2, 0.25) is 0 Å². The predicted octanol–water partition coefficient (Wildman–Crippen LogP) is 12.2. The monoisotopic (exact) mass is 958 g/mol. The van der Waals surface area contributed by atoms with Crippen LogP contribution in [0.1, 0.15) is 57.7 Å². The van der Waals surface area contributed by atoms with Crippen molar-refractivity contribution in [3.05, 3.63) is 148 Å². The van der Waals surface area contributed by atoms with Gasteiger partial charge in [-0.05, 0) is 6.92 Å². The number of ether oxygens (including phenoxy) is 3. The van der Waals surface area contributed by atoms with Gasteiger partial charge in [0.1, 0.15) is 0 Å². The molecular weight excluding hydrogens is 910 g/mol. The Hall–Kier alpha value is -3.83. The van der Waals surface area contributed by atoms with E-state index in [1.165, 1.54) is 37.3 Å². The number of allylic oxidation sites excluding steroid dienone is 5. The summed E-state index contributed by atoms with van der Waals surface area (Å²) in [6.45, 7) is 13.9. The molecule has 55 heavy (non-hydrogen) atoms. The molecule has 6 aromatic rings. The Balaban J connectivity index is 1.67. The first-order valence-electron chi connectivity index (χ1n) is 18.9. The summed E-state index contributed by atoms with van der Waals surface area (Å²) in [5, 5.41) is 7.24. The summed E-state index contributed by atoms with van der Waals surface area (Å²) in [5.74, 6) is 1.84. The molecule has 0 aliphatic carbocycles. The molecule has 7 rings (SSSR count). The van der Waals surface area contributed by atoms with E-state index in [2.05, 4.69) is 173 Å². The summed E-state index contributed by atoms with van der Waals surface area (Å²) in [4.78, 5) is 2.33. The molecule has 0 amide bonds. The minimum atomic E-state index is -2.53. The second-order valence-corrected chi connectivity index (χ2v) is 20.2. The number of rotatable bonds is 12. The second-order valence-electron chi connectivity index (χ2n) is 14.1. The normalized spacial score (nSPS) is 15.6. The van der Waals surface area contributed by atoms with Crippen LogP contribution in [0.15, 0.2) is 138 Å². The number of hydrogen-bond donors (Lipinski definition) is 0. The van der Waals surface area contributed by atoms with E-state index in [0.29, 0.717) is 13.2 Å². The molecule has 3 nitrogen and oxygen atoms in total. The Bertz CT molecular complexity index is 2300. The molecule has 281 valence electrons. The molecule has 0 saturated carbocycles. The maximum absolute atomic E-state index is 6.80. The molecule has 7 heteroatoms. The Labute approximate surface area is 344 Å². The Morgan fingerprint density at radius 1 is 0.764 bits per heavy atom. The molecule has 1 fully saturated rings. The van der Waals surface area contributed by atoms with Gasteiger partial charge in [0, 0.05) is 0 Å². The Morgan fingerprint density at radius 3 is 1.76 bits per heavy atom. The first-order valence-corrected chi connectivity index (χ1v) is 23.6. The van der Waals surface area contributed by atoms with Crippen molar-refractivity contribution >= 4 is 77.7 Å². The van der Waals surface area contributed by atoms with E-state index in [-0.39, 0.29) is 12.2 Å². The molecule has 0 atom stereocenters. The molecule has 0 N–H and O–H groups in total. The molecule has 1 aliphatic rings. The molecule has 0 spiro atoms. The summed E-state index contributed by atoms with van der Waals surface area (Å²) < 4.78 is 25.9. The van der Waals surface area contributed by atoms with Crippen molar-refractivity contribution in [3.63, 3.8) is 0 Å². The Morgan fingerprint density at radius 2 is 1.27 bits per heavy atom. The van der Waals surface area contributed by atoms with Crippen LogP contribution in [-0.4, -0.2) is 25.4 Å². The number of hydrogen-bond acceptors (Lipinski definition) is 5. The van der Waals surface area contributed by atoms with Gasteiger partial charge in [0.2, 0.25) is 0 Å². The van der Waals surface area contributed by atoms with Gasteiger partial charge in [0.15, 0.2) is 0 Å². The van der Waals surface area contributed by atoms with Crippen molar-refractivity contribution in [2.45, 2.75) is 60.2 Å². The number of thiophene rings is 2. The van der Waals surface area contributed by atoms with Crippen molar-refractivity contribution in [1.82, 2.24) is 0 Å². The van der Waals surface area contributed by atoms with E-state index in [0.717, 1.165) is 48.5 Å². The third-order valence-electron chi connectivity index (χ3n) is 9.49. The van der Waals surface area contributed by atoms with Gasteiger partial charge in [-0.3, -0.25) is 0 Å². The van der Waals surface area contributed by atoms with Crippen LogP contribution in [0.5, 0.6) is 11.5 Å². The summed E-state index contributed by atoms with van der Waals surface area (Å²) >= 11 is 5.38. The minimum absolute atomic E-state index is 0.00437. The van der Waals surface area contributed by atoms with Gasteiger partial charge in [-0.1, -0.05) is 0 Å². The topological polar surface area (TPSA) is 27.7 Å². The first kappa shape index (κ1) is 39.4. The molecule has 4 aromatic carbocycles. The van der Waals surface area contributed by atoms with E-state index >= 15 is 0 Å². The Kier molecular flexibility index (Phi) is 12.6. The summed E-state index contributed by atoms with van der Waals surface area (Å²) in [6, 6.07) is 37.9. The third-order valence-corrected chi connectivity index (χ3v) is 17.1. The predicted molar refractivity (Wildman–Crippen MR) is 237 cm³/mol. The fraction of sp³-hybridized carbons (Fsp3) is 0.229. The van der Waals surface area contributed by atoms with Crippen LogP contribution in [0.3, 0.4) is 0 Å². The zero-order valence-corrected chi connectivity index (χ0v) is 37.3. The number of benzene rings is 4. The average Bonchev–Trinajstić information content (AvgIpc) is 3.95. The van der Waals surface area contributed by atoms with Crippen molar-refractivity contribution in [3.8, 4) is 15.9 Å². The fourth-order valence-electron chi connectivity index (χ4n) is 7.34. The van der Waals surface area contributed by atoms with Crippen molar-refractivity contribution in [2.75, 3.05) is 13.2 Å². The van der Waals surface area contributed by atoms with Crippen LogP contribution in [-0.2, 0) is 22.7 Å². The summed E-state index contributed by atoms with van der Waals surface area (Å²) in [7, 11) is -2.53. The zero-order chi connectivity index (χ0) is 38.5. The van der Waals surface area contributed by atoms with Gasteiger partial charge in [-0.2, -0.15) is 0 Å². The standard InChI is InChI=1S/C48H47O3PS2.Os/c1-8-19-35-30-49-31-36(35)27-41(34(7)52(37-21-13-10-14-22-37,38-23-15-11-16-24-38)39-25-17-12-18-26-39)44-29-43-46(51-33(5)6)47-42(28-40(53-47)20-9-2)45(48(43)54-44)50-32(3)4;/h9-29,32-33H,8,30-31H2,1-6H3;/q+1;/b20-9+,35-19?,36-27?,41-34?;. The van der Waals surface area contributed by atoms with Crippen LogP contribution < -0.4 is 25.4 Å². The van der Waals surface area contributed by atoms with Gasteiger partial charge < -0.3 is 0 Å². The summed E-state index contributed by atoms with van der Waals surface area (Å²) in [6.07, 6.45) is 9.93. The molecule has 0 unspecified atom stereocenters. The fourth-order valence-corrected chi connectivity index (χ4v) is 15.5. The van der Waals surface area contributed by atoms with Gasteiger partial charge in [0.25, 0.3) is 0 Å². The van der Waals surface area contributed by atoms with Crippen molar-refractivity contribution < 1.29 is 32.2 Å². The molecule has 1 aliphatic heterocycles. The van der Waals surface area contributed by atoms with E-state index in [4.69, 9.17) is 14.2 Å². The molecule has 2 aromatic heterocycles. The summed E-state index contributed by atoms with van der Waals surface area (Å²) in [5.41, 5.74) is 3.63. The first-order chi connectivity index (χ1) is 26.8. The van der Waals surface area contributed by atoms with Crippen molar-refractivity contribution in [1.29, 1.82) is 0 Å². The van der Waals surface area contributed by atoms with Crippen LogP contribution in [0.25, 0.3) is 31.8 Å². The molecule has 1 saturated heterocycles. The van der Waals surface area contributed by atoms with Crippen LogP contribution in [0.4, 0.5) is 0 Å². The quantitative estimate of drug-likeness (QED) is 0.114. The van der Waals surface area contributed by atoms with E-state index in [9.17, 15) is 0 Å².